The van der Waals surface area contributed by atoms with E-state index < -0.39 is 5.97 Å². The zero-order chi connectivity index (χ0) is 14.5. The normalized spacial score (nSPS) is 12.3. The fourth-order valence-corrected chi connectivity index (χ4v) is 2.18. The first-order valence-electron chi connectivity index (χ1n) is 6.87. The summed E-state index contributed by atoms with van der Waals surface area (Å²) >= 11 is 0. The van der Waals surface area contributed by atoms with E-state index in [1.54, 1.807) is 6.07 Å². The summed E-state index contributed by atoms with van der Waals surface area (Å²) in [6, 6.07) is 9.10. The zero-order valence-corrected chi connectivity index (χ0v) is 11.8. The van der Waals surface area contributed by atoms with Crippen molar-refractivity contribution >= 4 is 16.7 Å². The highest BCUT2D eigenvalue weighted by Gasteiger charge is 2.12. The molecule has 1 atom stereocenters. The number of rotatable bonds is 6. The monoisotopic (exact) mass is 273 g/mol. The maximum Gasteiger partial charge on any atom is 0.354 e. The molecule has 0 spiro atoms. The van der Waals surface area contributed by atoms with E-state index in [-0.39, 0.29) is 5.69 Å². The number of carboxylic acids is 1. The topological polar surface area (TPSA) is 59.4 Å². The van der Waals surface area contributed by atoms with Crippen molar-refractivity contribution in [3.05, 3.63) is 36.0 Å². The molecule has 1 N–H and O–H groups in total. The SMILES string of the molecule is CCCC(C)COc1nc(C(=O)O)cc2ccccc12. The number of aromatic nitrogens is 1. The van der Waals surface area contributed by atoms with Crippen LogP contribution < -0.4 is 4.74 Å². The predicted molar refractivity (Wildman–Crippen MR) is 78.3 cm³/mol. The third kappa shape index (κ3) is 3.26. The third-order valence-corrected chi connectivity index (χ3v) is 3.21. The molecule has 1 heterocycles. The Morgan fingerprint density at radius 3 is 2.85 bits per heavy atom. The quantitative estimate of drug-likeness (QED) is 0.870. The second kappa shape index (κ2) is 6.37. The van der Waals surface area contributed by atoms with Gasteiger partial charge in [0, 0.05) is 5.39 Å². The molecule has 0 radical (unpaired) electrons. The van der Waals surface area contributed by atoms with Gasteiger partial charge in [0.25, 0.3) is 0 Å². The lowest BCUT2D eigenvalue weighted by Crippen LogP contribution is -2.11. The van der Waals surface area contributed by atoms with Crippen molar-refractivity contribution in [2.24, 2.45) is 5.92 Å². The van der Waals surface area contributed by atoms with Crippen LogP contribution >= 0.6 is 0 Å². The highest BCUT2D eigenvalue weighted by Crippen LogP contribution is 2.25. The van der Waals surface area contributed by atoms with Crippen molar-refractivity contribution in [1.29, 1.82) is 0 Å². The zero-order valence-electron chi connectivity index (χ0n) is 11.8. The lowest BCUT2D eigenvalue weighted by molar-refractivity contribution is 0.0689. The molecule has 0 fully saturated rings. The molecule has 1 aromatic carbocycles. The number of hydrogen-bond donors (Lipinski definition) is 1. The summed E-state index contributed by atoms with van der Waals surface area (Å²) in [7, 11) is 0. The molecule has 4 nitrogen and oxygen atoms in total. The first kappa shape index (κ1) is 14.3. The minimum Gasteiger partial charge on any atom is -0.477 e. The van der Waals surface area contributed by atoms with Gasteiger partial charge in [0.1, 0.15) is 0 Å². The van der Waals surface area contributed by atoms with Gasteiger partial charge < -0.3 is 9.84 Å². The molecular formula is C16H19NO3. The van der Waals surface area contributed by atoms with Gasteiger partial charge in [-0.3, -0.25) is 0 Å². The minimum atomic E-state index is -1.04. The Morgan fingerprint density at radius 2 is 2.15 bits per heavy atom. The highest BCUT2D eigenvalue weighted by atomic mass is 16.5. The van der Waals surface area contributed by atoms with Gasteiger partial charge in [0.2, 0.25) is 5.88 Å². The molecule has 20 heavy (non-hydrogen) atoms. The Bertz CT molecular complexity index is 610. The van der Waals surface area contributed by atoms with E-state index in [1.807, 2.05) is 24.3 Å². The summed E-state index contributed by atoms with van der Waals surface area (Å²) in [5.74, 6) is -0.209. The average molecular weight is 273 g/mol. The van der Waals surface area contributed by atoms with E-state index >= 15 is 0 Å². The molecule has 1 aromatic heterocycles. The molecule has 106 valence electrons. The standard InChI is InChI=1S/C16H19NO3/c1-3-6-11(2)10-20-15-13-8-5-4-7-12(13)9-14(17-15)16(18)19/h4-5,7-9,11H,3,6,10H2,1-2H3,(H,18,19). The molecule has 0 saturated heterocycles. The molecule has 0 aliphatic heterocycles. The van der Waals surface area contributed by atoms with E-state index in [9.17, 15) is 4.79 Å². The molecule has 0 aliphatic carbocycles. The number of hydrogen-bond acceptors (Lipinski definition) is 3. The van der Waals surface area contributed by atoms with Crippen LogP contribution in [0.1, 0.15) is 37.2 Å². The Labute approximate surface area is 118 Å². The molecule has 2 rings (SSSR count). The molecule has 2 aromatic rings. The average Bonchev–Trinajstić information content (AvgIpc) is 2.44. The van der Waals surface area contributed by atoms with Crippen molar-refractivity contribution in [2.45, 2.75) is 26.7 Å². The van der Waals surface area contributed by atoms with Crippen LogP contribution in [-0.2, 0) is 0 Å². The van der Waals surface area contributed by atoms with E-state index in [2.05, 4.69) is 18.8 Å². The largest absolute Gasteiger partial charge is 0.477 e. The maximum absolute atomic E-state index is 11.1. The summed E-state index contributed by atoms with van der Waals surface area (Å²) in [6.45, 7) is 4.80. The van der Waals surface area contributed by atoms with Crippen LogP contribution in [0.15, 0.2) is 30.3 Å². The summed E-state index contributed by atoms with van der Waals surface area (Å²) in [4.78, 5) is 15.2. The number of nitrogens with zero attached hydrogens (tertiary/aromatic N) is 1. The number of carboxylic acid groups (broad SMARTS) is 1. The second-order valence-corrected chi connectivity index (χ2v) is 5.04. The van der Waals surface area contributed by atoms with Gasteiger partial charge in [-0.1, -0.05) is 38.5 Å². The van der Waals surface area contributed by atoms with Crippen LogP contribution in [-0.4, -0.2) is 22.7 Å². The van der Waals surface area contributed by atoms with Crippen molar-refractivity contribution in [3.63, 3.8) is 0 Å². The van der Waals surface area contributed by atoms with Crippen LogP contribution in [0, 0.1) is 5.92 Å². The predicted octanol–water partition coefficient (Wildman–Crippen LogP) is 3.75. The van der Waals surface area contributed by atoms with E-state index in [4.69, 9.17) is 9.84 Å². The number of benzene rings is 1. The Morgan fingerprint density at radius 1 is 1.40 bits per heavy atom. The van der Waals surface area contributed by atoms with E-state index in [1.165, 1.54) is 0 Å². The first-order valence-corrected chi connectivity index (χ1v) is 6.87. The van der Waals surface area contributed by atoms with Crippen LogP contribution in [0.5, 0.6) is 5.88 Å². The van der Waals surface area contributed by atoms with Gasteiger partial charge in [-0.15, -0.1) is 0 Å². The van der Waals surface area contributed by atoms with Crippen LogP contribution in [0.2, 0.25) is 0 Å². The van der Waals surface area contributed by atoms with Crippen LogP contribution in [0.4, 0.5) is 0 Å². The molecule has 0 bridgehead atoms. The lowest BCUT2D eigenvalue weighted by Gasteiger charge is -2.13. The summed E-state index contributed by atoms with van der Waals surface area (Å²) < 4.78 is 5.75. The van der Waals surface area contributed by atoms with Crippen LogP contribution in [0.25, 0.3) is 10.8 Å². The molecule has 0 aliphatic rings. The summed E-state index contributed by atoms with van der Waals surface area (Å²) in [6.07, 6.45) is 2.18. The Balaban J connectivity index is 2.32. The van der Waals surface area contributed by atoms with Gasteiger partial charge in [0.05, 0.1) is 6.61 Å². The van der Waals surface area contributed by atoms with Gasteiger partial charge >= 0.3 is 5.97 Å². The molecule has 1 unspecified atom stereocenters. The number of pyridine rings is 1. The third-order valence-electron chi connectivity index (χ3n) is 3.21. The summed E-state index contributed by atoms with van der Waals surface area (Å²) in [5, 5.41) is 10.8. The van der Waals surface area contributed by atoms with E-state index in [0.717, 1.165) is 23.6 Å². The number of carbonyl (C=O) groups is 1. The summed E-state index contributed by atoms with van der Waals surface area (Å²) in [5.41, 5.74) is 0.0156. The van der Waals surface area contributed by atoms with Crippen molar-refractivity contribution in [1.82, 2.24) is 4.98 Å². The van der Waals surface area contributed by atoms with Crippen LogP contribution in [0.3, 0.4) is 0 Å². The lowest BCUT2D eigenvalue weighted by atomic mass is 10.1. The number of aromatic carboxylic acids is 1. The molecule has 0 amide bonds. The van der Waals surface area contributed by atoms with E-state index in [0.29, 0.717) is 18.4 Å². The fraction of sp³-hybridized carbons (Fsp3) is 0.375. The van der Waals surface area contributed by atoms with Gasteiger partial charge in [0.15, 0.2) is 5.69 Å². The Kier molecular flexibility index (Phi) is 4.56. The molecule has 0 saturated carbocycles. The highest BCUT2D eigenvalue weighted by molar-refractivity contribution is 5.94. The smallest absolute Gasteiger partial charge is 0.354 e. The maximum atomic E-state index is 11.1. The van der Waals surface area contributed by atoms with Crippen molar-refractivity contribution < 1.29 is 14.6 Å². The van der Waals surface area contributed by atoms with Gasteiger partial charge in [-0.05, 0) is 29.9 Å². The Hall–Kier alpha value is -2.10. The number of fused-ring (bicyclic) bond motifs is 1. The van der Waals surface area contributed by atoms with Crippen molar-refractivity contribution in [3.8, 4) is 5.88 Å². The van der Waals surface area contributed by atoms with Crippen molar-refractivity contribution in [2.75, 3.05) is 6.61 Å². The van der Waals surface area contributed by atoms with Gasteiger partial charge in [-0.2, -0.15) is 0 Å². The number of ether oxygens (including phenoxy) is 1. The molecule has 4 heteroatoms. The fourth-order valence-electron chi connectivity index (χ4n) is 2.18. The molecular weight excluding hydrogens is 254 g/mol. The second-order valence-electron chi connectivity index (χ2n) is 5.04. The minimum absolute atomic E-state index is 0.0156. The first-order chi connectivity index (χ1) is 9.61. The van der Waals surface area contributed by atoms with Gasteiger partial charge in [-0.25, -0.2) is 9.78 Å².